The lowest BCUT2D eigenvalue weighted by molar-refractivity contribution is -0.121. The van der Waals surface area contributed by atoms with Crippen LogP contribution in [0.5, 0.6) is 0 Å². The Morgan fingerprint density at radius 3 is 2.11 bits per heavy atom. The summed E-state index contributed by atoms with van der Waals surface area (Å²) in [4.78, 5) is 32.5. The SMILES string of the molecule is NC(=O)[C@@H](N)CCC(=O)C(N)CCC[C@H](N)C=O. The fraction of sp³-hybridized carbons (Fsp3) is 0.727. The smallest absolute Gasteiger partial charge is 0.234 e. The predicted octanol–water partition coefficient (Wildman–Crippen LogP) is -1.83. The Labute approximate surface area is 106 Å². The summed E-state index contributed by atoms with van der Waals surface area (Å²) in [6.07, 6.45) is 2.58. The Balaban J connectivity index is 3.82. The van der Waals surface area contributed by atoms with Crippen molar-refractivity contribution in [1.29, 1.82) is 0 Å². The molecule has 7 nitrogen and oxygen atoms in total. The number of hydrogen-bond donors (Lipinski definition) is 4. The number of aldehydes is 1. The summed E-state index contributed by atoms with van der Waals surface area (Å²) in [5, 5.41) is 0. The van der Waals surface area contributed by atoms with E-state index in [0.717, 1.165) is 0 Å². The van der Waals surface area contributed by atoms with Gasteiger partial charge in [0.15, 0.2) is 0 Å². The quantitative estimate of drug-likeness (QED) is 0.338. The first-order valence-corrected chi connectivity index (χ1v) is 5.92. The van der Waals surface area contributed by atoms with Crippen LogP contribution in [0.1, 0.15) is 32.1 Å². The molecule has 0 bridgehead atoms. The topological polar surface area (TPSA) is 155 Å². The van der Waals surface area contributed by atoms with Gasteiger partial charge in [0.2, 0.25) is 5.91 Å². The van der Waals surface area contributed by atoms with Crippen molar-refractivity contribution in [2.45, 2.75) is 50.2 Å². The second-order valence-corrected chi connectivity index (χ2v) is 4.35. The Morgan fingerprint density at radius 2 is 1.61 bits per heavy atom. The van der Waals surface area contributed by atoms with Gasteiger partial charge in [0, 0.05) is 6.42 Å². The third-order valence-electron chi connectivity index (χ3n) is 2.71. The minimum Gasteiger partial charge on any atom is -0.368 e. The van der Waals surface area contributed by atoms with Crippen molar-refractivity contribution in [3.05, 3.63) is 0 Å². The molecule has 104 valence electrons. The van der Waals surface area contributed by atoms with Gasteiger partial charge in [0.25, 0.3) is 0 Å². The summed E-state index contributed by atoms with van der Waals surface area (Å²) < 4.78 is 0. The van der Waals surface area contributed by atoms with Gasteiger partial charge in [0.1, 0.15) is 12.1 Å². The van der Waals surface area contributed by atoms with Crippen molar-refractivity contribution >= 4 is 18.0 Å². The molecular formula is C11H22N4O3. The lowest BCUT2D eigenvalue weighted by atomic mass is 9.99. The normalized spacial score (nSPS) is 15.7. The molecule has 7 heteroatoms. The molecule has 1 unspecified atom stereocenters. The first-order valence-electron chi connectivity index (χ1n) is 5.92. The van der Waals surface area contributed by atoms with Gasteiger partial charge in [-0.2, -0.15) is 0 Å². The largest absolute Gasteiger partial charge is 0.368 e. The third kappa shape index (κ3) is 7.10. The zero-order valence-corrected chi connectivity index (χ0v) is 10.4. The summed E-state index contributed by atoms with van der Waals surface area (Å²) in [5.41, 5.74) is 21.5. The van der Waals surface area contributed by atoms with Crippen LogP contribution in [-0.2, 0) is 14.4 Å². The molecular weight excluding hydrogens is 236 g/mol. The van der Waals surface area contributed by atoms with Gasteiger partial charge in [-0.05, 0) is 25.7 Å². The molecule has 1 amide bonds. The highest BCUT2D eigenvalue weighted by Crippen LogP contribution is 2.05. The molecule has 0 aliphatic rings. The van der Waals surface area contributed by atoms with Crippen LogP contribution in [0.2, 0.25) is 0 Å². The standard InChI is InChI=1S/C11H22N4O3/c12-7(6-16)2-1-3-8(13)10(17)5-4-9(14)11(15)18/h6-9H,1-5,12-14H2,(H2,15,18)/t7-,8?,9-/m0/s1. The number of primary amides is 1. The fourth-order valence-electron chi connectivity index (χ4n) is 1.43. The number of carbonyl (C=O) groups is 3. The number of nitrogens with two attached hydrogens (primary N) is 4. The predicted molar refractivity (Wildman–Crippen MR) is 67.3 cm³/mol. The minimum atomic E-state index is -0.815. The van der Waals surface area contributed by atoms with E-state index in [2.05, 4.69) is 0 Å². The molecule has 0 saturated heterocycles. The van der Waals surface area contributed by atoms with Crippen LogP contribution in [-0.4, -0.2) is 36.1 Å². The van der Waals surface area contributed by atoms with Crippen molar-refractivity contribution < 1.29 is 14.4 Å². The number of ketones is 1. The summed E-state index contributed by atoms with van der Waals surface area (Å²) in [7, 11) is 0. The van der Waals surface area contributed by atoms with Gasteiger partial charge >= 0.3 is 0 Å². The monoisotopic (exact) mass is 258 g/mol. The molecule has 0 aromatic heterocycles. The van der Waals surface area contributed by atoms with E-state index in [1.165, 1.54) is 0 Å². The zero-order chi connectivity index (χ0) is 14.1. The minimum absolute atomic E-state index is 0.130. The van der Waals surface area contributed by atoms with Crippen LogP contribution in [0.4, 0.5) is 0 Å². The Hall–Kier alpha value is -1.31. The summed E-state index contributed by atoms with van der Waals surface area (Å²) >= 11 is 0. The lowest BCUT2D eigenvalue weighted by Gasteiger charge is -2.12. The Bertz CT molecular complexity index is 296. The van der Waals surface area contributed by atoms with Crippen molar-refractivity contribution in [3.63, 3.8) is 0 Å². The number of amides is 1. The highest BCUT2D eigenvalue weighted by Gasteiger charge is 2.17. The van der Waals surface area contributed by atoms with Gasteiger partial charge in [-0.3, -0.25) is 9.59 Å². The molecule has 0 aromatic rings. The van der Waals surface area contributed by atoms with E-state index in [4.69, 9.17) is 22.9 Å². The maximum Gasteiger partial charge on any atom is 0.234 e. The van der Waals surface area contributed by atoms with Gasteiger partial charge in [0.05, 0.1) is 18.1 Å². The van der Waals surface area contributed by atoms with Crippen molar-refractivity contribution in [3.8, 4) is 0 Å². The average molecular weight is 258 g/mol. The van der Waals surface area contributed by atoms with Gasteiger partial charge in [-0.1, -0.05) is 0 Å². The first kappa shape index (κ1) is 16.7. The van der Waals surface area contributed by atoms with Gasteiger partial charge in [-0.25, -0.2) is 0 Å². The molecule has 0 aromatic carbocycles. The number of Topliss-reactive ketones (excluding diaryl/α,β-unsaturated/α-hetero) is 1. The molecule has 3 atom stereocenters. The van der Waals surface area contributed by atoms with E-state index in [1.807, 2.05) is 0 Å². The van der Waals surface area contributed by atoms with E-state index in [9.17, 15) is 14.4 Å². The molecule has 0 heterocycles. The first-order chi connectivity index (χ1) is 8.38. The molecule has 18 heavy (non-hydrogen) atoms. The van der Waals surface area contributed by atoms with Gasteiger partial charge < -0.3 is 27.7 Å². The van der Waals surface area contributed by atoms with E-state index in [1.54, 1.807) is 0 Å². The Kier molecular flexibility index (Phi) is 8.10. The molecule has 0 saturated carbocycles. The van der Waals surface area contributed by atoms with Crippen LogP contribution < -0.4 is 22.9 Å². The van der Waals surface area contributed by atoms with E-state index in [0.29, 0.717) is 25.5 Å². The van der Waals surface area contributed by atoms with Crippen LogP contribution in [0, 0.1) is 0 Å². The maximum atomic E-state index is 11.6. The van der Waals surface area contributed by atoms with Crippen molar-refractivity contribution in [1.82, 2.24) is 0 Å². The van der Waals surface area contributed by atoms with E-state index in [-0.39, 0.29) is 18.6 Å². The van der Waals surface area contributed by atoms with Crippen LogP contribution >= 0.6 is 0 Å². The molecule has 8 N–H and O–H groups in total. The van der Waals surface area contributed by atoms with Crippen molar-refractivity contribution in [2.24, 2.45) is 22.9 Å². The van der Waals surface area contributed by atoms with Crippen LogP contribution in [0.15, 0.2) is 0 Å². The van der Waals surface area contributed by atoms with Crippen LogP contribution in [0.3, 0.4) is 0 Å². The average Bonchev–Trinajstić information content (AvgIpc) is 2.34. The number of carbonyl (C=O) groups excluding carboxylic acids is 3. The third-order valence-corrected chi connectivity index (χ3v) is 2.71. The molecule has 0 spiro atoms. The summed E-state index contributed by atoms with van der Waals surface area (Å²) in [6, 6.07) is -1.93. The maximum absolute atomic E-state index is 11.6. The van der Waals surface area contributed by atoms with E-state index < -0.39 is 24.0 Å². The Morgan fingerprint density at radius 1 is 1.00 bits per heavy atom. The van der Waals surface area contributed by atoms with Crippen molar-refractivity contribution in [2.75, 3.05) is 0 Å². The van der Waals surface area contributed by atoms with E-state index >= 15 is 0 Å². The zero-order valence-electron chi connectivity index (χ0n) is 10.4. The molecule has 0 fully saturated rings. The number of hydrogen-bond acceptors (Lipinski definition) is 6. The fourth-order valence-corrected chi connectivity index (χ4v) is 1.43. The lowest BCUT2D eigenvalue weighted by Crippen LogP contribution is -2.38. The van der Waals surface area contributed by atoms with Crippen LogP contribution in [0.25, 0.3) is 0 Å². The summed E-state index contributed by atoms with van der Waals surface area (Å²) in [5.74, 6) is -0.792. The second-order valence-electron chi connectivity index (χ2n) is 4.35. The highest BCUT2D eigenvalue weighted by atomic mass is 16.1. The summed E-state index contributed by atoms with van der Waals surface area (Å²) in [6.45, 7) is 0. The number of rotatable bonds is 10. The molecule has 0 aliphatic heterocycles. The van der Waals surface area contributed by atoms with Gasteiger partial charge in [-0.15, -0.1) is 0 Å². The second kappa shape index (κ2) is 8.73. The molecule has 0 aliphatic carbocycles. The molecule has 0 rings (SSSR count). The highest BCUT2D eigenvalue weighted by molar-refractivity contribution is 5.85. The molecule has 0 radical (unpaired) electrons.